The SMILES string of the molecule is Cc1ccccc1C(CC(=O)NC1CCNC1)NC(N)=O.Cl. The molecule has 0 saturated carbocycles. The van der Waals surface area contributed by atoms with Crippen molar-refractivity contribution in [3.05, 3.63) is 35.4 Å². The summed E-state index contributed by atoms with van der Waals surface area (Å²) in [5.41, 5.74) is 7.16. The minimum Gasteiger partial charge on any atom is -0.352 e. The van der Waals surface area contributed by atoms with Gasteiger partial charge in [-0.2, -0.15) is 0 Å². The van der Waals surface area contributed by atoms with Gasteiger partial charge in [0.05, 0.1) is 12.5 Å². The number of carbonyl (C=O) groups excluding carboxylic acids is 2. The molecule has 1 saturated heterocycles. The summed E-state index contributed by atoms with van der Waals surface area (Å²) in [7, 11) is 0. The number of aryl methyl sites for hydroxylation is 1. The van der Waals surface area contributed by atoms with Crippen LogP contribution in [0.25, 0.3) is 0 Å². The highest BCUT2D eigenvalue weighted by atomic mass is 35.5. The lowest BCUT2D eigenvalue weighted by Gasteiger charge is -2.20. The lowest BCUT2D eigenvalue weighted by atomic mass is 9.98. The van der Waals surface area contributed by atoms with E-state index in [0.717, 1.165) is 30.6 Å². The second-order valence-electron chi connectivity index (χ2n) is 5.38. The Morgan fingerprint density at radius 1 is 1.41 bits per heavy atom. The van der Waals surface area contributed by atoms with Crippen LogP contribution in [0.2, 0.25) is 0 Å². The second-order valence-corrected chi connectivity index (χ2v) is 5.38. The van der Waals surface area contributed by atoms with Crippen molar-refractivity contribution in [1.82, 2.24) is 16.0 Å². The molecular weight excluding hydrogens is 304 g/mol. The molecule has 1 heterocycles. The van der Waals surface area contributed by atoms with Crippen molar-refractivity contribution in [1.29, 1.82) is 0 Å². The summed E-state index contributed by atoms with van der Waals surface area (Å²) in [5.74, 6) is -0.0781. The van der Waals surface area contributed by atoms with Crippen LogP contribution in [-0.4, -0.2) is 31.1 Å². The Morgan fingerprint density at radius 2 is 2.14 bits per heavy atom. The predicted octanol–water partition coefficient (Wildman–Crippen LogP) is 0.994. The van der Waals surface area contributed by atoms with Gasteiger partial charge in [0.25, 0.3) is 0 Å². The molecule has 7 heteroatoms. The van der Waals surface area contributed by atoms with E-state index >= 15 is 0 Å². The smallest absolute Gasteiger partial charge is 0.312 e. The maximum atomic E-state index is 12.1. The maximum absolute atomic E-state index is 12.1. The summed E-state index contributed by atoms with van der Waals surface area (Å²) >= 11 is 0. The van der Waals surface area contributed by atoms with Gasteiger partial charge in [0, 0.05) is 12.6 Å². The Kier molecular flexibility index (Phi) is 7.14. The molecule has 22 heavy (non-hydrogen) atoms. The average Bonchev–Trinajstić information content (AvgIpc) is 2.90. The Balaban J connectivity index is 0.00000242. The van der Waals surface area contributed by atoms with Gasteiger partial charge in [0.2, 0.25) is 5.91 Å². The zero-order valence-corrected chi connectivity index (χ0v) is 13.4. The van der Waals surface area contributed by atoms with Crippen LogP contribution in [-0.2, 0) is 4.79 Å². The highest BCUT2D eigenvalue weighted by Crippen LogP contribution is 2.20. The molecule has 1 aliphatic heterocycles. The average molecular weight is 327 g/mol. The van der Waals surface area contributed by atoms with Crippen LogP contribution in [0.5, 0.6) is 0 Å². The molecule has 0 aliphatic carbocycles. The first-order valence-electron chi connectivity index (χ1n) is 7.18. The van der Waals surface area contributed by atoms with Gasteiger partial charge >= 0.3 is 6.03 Å². The van der Waals surface area contributed by atoms with E-state index in [1.54, 1.807) is 0 Å². The van der Waals surface area contributed by atoms with Gasteiger partial charge in [0.15, 0.2) is 0 Å². The first kappa shape index (κ1) is 18.3. The number of benzene rings is 1. The number of urea groups is 1. The molecule has 0 radical (unpaired) electrons. The van der Waals surface area contributed by atoms with E-state index in [1.807, 2.05) is 31.2 Å². The number of amides is 3. The van der Waals surface area contributed by atoms with Crippen LogP contribution in [0.1, 0.15) is 30.0 Å². The zero-order chi connectivity index (χ0) is 15.2. The first-order valence-corrected chi connectivity index (χ1v) is 7.18. The van der Waals surface area contributed by atoms with E-state index in [1.165, 1.54) is 0 Å². The molecule has 5 N–H and O–H groups in total. The van der Waals surface area contributed by atoms with E-state index in [4.69, 9.17) is 5.73 Å². The monoisotopic (exact) mass is 326 g/mol. The van der Waals surface area contributed by atoms with Crippen molar-refractivity contribution in [3.63, 3.8) is 0 Å². The van der Waals surface area contributed by atoms with Crippen LogP contribution in [0.15, 0.2) is 24.3 Å². The van der Waals surface area contributed by atoms with Crippen LogP contribution < -0.4 is 21.7 Å². The second kappa shape index (κ2) is 8.60. The Morgan fingerprint density at radius 3 is 2.73 bits per heavy atom. The first-order chi connectivity index (χ1) is 10.1. The Bertz CT molecular complexity index is 518. The molecule has 122 valence electrons. The number of rotatable bonds is 5. The summed E-state index contributed by atoms with van der Waals surface area (Å²) in [6.07, 6.45) is 1.12. The number of hydrogen-bond donors (Lipinski definition) is 4. The number of carbonyl (C=O) groups is 2. The number of primary amides is 1. The van der Waals surface area contributed by atoms with Gasteiger partial charge in [-0.15, -0.1) is 12.4 Å². The highest BCUT2D eigenvalue weighted by molar-refractivity contribution is 5.85. The van der Waals surface area contributed by atoms with Gasteiger partial charge in [-0.25, -0.2) is 4.79 Å². The van der Waals surface area contributed by atoms with Gasteiger partial charge < -0.3 is 21.7 Å². The number of halogens is 1. The van der Waals surface area contributed by atoms with Gasteiger partial charge in [-0.05, 0) is 31.0 Å². The van der Waals surface area contributed by atoms with Crippen molar-refractivity contribution in [2.24, 2.45) is 5.73 Å². The molecule has 1 aliphatic rings. The Labute approximate surface area is 136 Å². The molecular formula is C15H23ClN4O2. The third-order valence-electron chi connectivity index (χ3n) is 3.70. The number of nitrogens with two attached hydrogens (primary N) is 1. The molecule has 1 aromatic carbocycles. The highest BCUT2D eigenvalue weighted by Gasteiger charge is 2.22. The third kappa shape index (κ3) is 5.20. The lowest BCUT2D eigenvalue weighted by molar-refractivity contribution is -0.122. The molecule has 1 fully saturated rings. The lowest BCUT2D eigenvalue weighted by Crippen LogP contribution is -2.40. The minimum absolute atomic E-state index is 0. The molecule has 0 spiro atoms. The molecule has 2 unspecified atom stereocenters. The van der Waals surface area contributed by atoms with Crippen molar-refractivity contribution in [2.75, 3.05) is 13.1 Å². The van der Waals surface area contributed by atoms with E-state index in [-0.39, 0.29) is 30.8 Å². The molecule has 6 nitrogen and oxygen atoms in total. The summed E-state index contributed by atoms with van der Waals surface area (Å²) in [4.78, 5) is 23.3. The van der Waals surface area contributed by atoms with Crippen molar-refractivity contribution in [3.8, 4) is 0 Å². The predicted molar refractivity (Wildman–Crippen MR) is 87.9 cm³/mol. The molecule has 2 atom stereocenters. The standard InChI is InChI=1S/C15H22N4O2.ClH/c1-10-4-2-3-5-12(10)13(19-15(16)21)8-14(20)18-11-6-7-17-9-11;/h2-5,11,13,17H,6-9H2,1H3,(H,18,20)(H3,16,19,21);1H. The molecule has 0 bridgehead atoms. The van der Waals surface area contributed by atoms with Crippen LogP contribution >= 0.6 is 12.4 Å². The van der Waals surface area contributed by atoms with Crippen LogP contribution in [0.4, 0.5) is 4.79 Å². The fraction of sp³-hybridized carbons (Fsp3) is 0.467. The minimum atomic E-state index is -0.626. The fourth-order valence-corrected chi connectivity index (χ4v) is 2.64. The number of nitrogens with one attached hydrogen (secondary N) is 3. The maximum Gasteiger partial charge on any atom is 0.312 e. The number of hydrogen-bond acceptors (Lipinski definition) is 3. The molecule has 1 aromatic rings. The van der Waals surface area contributed by atoms with E-state index in [2.05, 4.69) is 16.0 Å². The van der Waals surface area contributed by atoms with Crippen molar-refractivity contribution < 1.29 is 9.59 Å². The van der Waals surface area contributed by atoms with E-state index in [0.29, 0.717) is 0 Å². The molecule has 3 amide bonds. The molecule has 2 rings (SSSR count). The zero-order valence-electron chi connectivity index (χ0n) is 12.6. The summed E-state index contributed by atoms with van der Waals surface area (Å²) in [6.45, 7) is 3.67. The molecule has 0 aromatic heterocycles. The summed E-state index contributed by atoms with van der Waals surface area (Å²) < 4.78 is 0. The quantitative estimate of drug-likeness (QED) is 0.650. The topological polar surface area (TPSA) is 96.2 Å². The summed E-state index contributed by atoms with van der Waals surface area (Å²) in [6, 6.07) is 6.80. The van der Waals surface area contributed by atoms with Crippen molar-refractivity contribution in [2.45, 2.75) is 31.8 Å². The largest absolute Gasteiger partial charge is 0.352 e. The fourth-order valence-electron chi connectivity index (χ4n) is 2.64. The normalized spacial score (nSPS) is 18.1. The van der Waals surface area contributed by atoms with Gasteiger partial charge in [-0.3, -0.25) is 4.79 Å². The van der Waals surface area contributed by atoms with Crippen LogP contribution in [0.3, 0.4) is 0 Å². The third-order valence-corrected chi connectivity index (χ3v) is 3.70. The summed E-state index contributed by atoms with van der Waals surface area (Å²) in [5, 5.41) is 8.83. The van der Waals surface area contributed by atoms with E-state index in [9.17, 15) is 9.59 Å². The Hall–Kier alpha value is -1.79. The van der Waals surface area contributed by atoms with Gasteiger partial charge in [0.1, 0.15) is 0 Å². The van der Waals surface area contributed by atoms with Crippen molar-refractivity contribution >= 4 is 24.3 Å². The van der Waals surface area contributed by atoms with Gasteiger partial charge in [-0.1, -0.05) is 24.3 Å². The van der Waals surface area contributed by atoms with Crippen LogP contribution in [0, 0.1) is 6.92 Å². The van der Waals surface area contributed by atoms with E-state index < -0.39 is 12.1 Å².